The Hall–Kier alpha value is -0.720. The molecule has 3 N–H and O–H groups in total. The fourth-order valence-electron chi connectivity index (χ4n) is 2.41. The van der Waals surface area contributed by atoms with Gasteiger partial charge in [0.15, 0.2) is 0 Å². The van der Waals surface area contributed by atoms with Crippen molar-refractivity contribution in [1.29, 1.82) is 0 Å². The number of hydrogen-bond donors (Lipinski definition) is 2. The predicted octanol–water partition coefficient (Wildman–Crippen LogP) is 2.61. The Morgan fingerprint density at radius 3 is 2.85 bits per heavy atom. The smallest absolute Gasteiger partial charge is 0.229 e. The van der Waals surface area contributed by atoms with E-state index in [-0.39, 0.29) is 30.3 Å². The van der Waals surface area contributed by atoms with Crippen LogP contribution in [0, 0.1) is 11.8 Å². The molecule has 1 aromatic heterocycles. The van der Waals surface area contributed by atoms with Crippen LogP contribution in [0.3, 0.4) is 0 Å². The highest BCUT2D eigenvalue weighted by molar-refractivity contribution is 7.15. The van der Waals surface area contributed by atoms with Crippen LogP contribution in [0.15, 0.2) is 0 Å². The third kappa shape index (κ3) is 5.00. The summed E-state index contributed by atoms with van der Waals surface area (Å²) < 4.78 is 0. The van der Waals surface area contributed by atoms with Crippen LogP contribution < -0.4 is 11.1 Å². The zero-order valence-corrected chi connectivity index (χ0v) is 13.6. The molecule has 1 aliphatic carbocycles. The van der Waals surface area contributed by atoms with Crippen molar-refractivity contribution in [2.24, 2.45) is 17.6 Å². The molecular formula is C13H23ClN4OS. The van der Waals surface area contributed by atoms with Crippen molar-refractivity contribution in [3.05, 3.63) is 5.01 Å². The van der Waals surface area contributed by atoms with E-state index in [4.69, 9.17) is 5.73 Å². The third-order valence-corrected chi connectivity index (χ3v) is 4.23. The number of amides is 1. The van der Waals surface area contributed by atoms with E-state index in [0.29, 0.717) is 11.0 Å². The van der Waals surface area contributed by atoms with Crippen LogP contribution in [0.5, 0.6) is 0 Å². The fraction of sp³-hybridized carbons (Fsp3) is 0.769. The number of nitrogens with two attached hydrogens (primary N) is 1. The Morgan fingerprint density at radius 1 is 1.45 bits per heavy atom. The van der Waals surface area contributed by atoms with E-state index < -0.39 is 0 Å². The lowest BCUT2D eigenvalue weighted by Gasteiger charge is -2.25. The van der Waals surface area contributed by atoms with Crippen LogP contribution in [-0.4, -0.2) is 22.1 Å². The van der Waals surface area contributed by atoms with Gasteiger partial charge in [0.25, 0.3) is 0 Å². The van der Waals surface area contributed by atoms with Gasteiger partial charge in [0.1, 0.15) is 5.01 Å². The van der Waals surface area contributed by atoms with Crippen LogP contribution in [0.25, 0.3) is 0 Å². The molecule has 1 aliphatic rings. The summed E-state index contributed by atoms with van der Waals surface area (Å²) in [6.45, 7) is 4.28. The second kappa shape index (κ2) is 7.90. The van der Waals surface area contributed by atoms with Gasteiger partial charge in [0, 0.05) is 18.4 Å². The maximum Gasteiger partial charge on any atom is 0.229 e. The molecule has 0 saturated heterocycles. The van der Waals surface area contributed by atoms with Gasteiger partial charge in [-0.1, -0.05) is 31.6 Å². The number of anilines is 1. The molecule has 1 amide bonds. The molecule has 0 aliphatic heterocycles. The molecule has 1 heterocycles. The lowest BCUT2D eigenvalue weighted by atomic mass is 9.86. The number of hydrogen-bond acceptors (Lipinski definition) is 5. The number of halogens is 1. The Morgan fingerprint density at radius 2 is 2.20 bits per heavy atom. The normalized spacial score (nSPS) is 22.4. The maximum absolute atomic E-state index is 12.1. The molecule has 1 aromatic rings. The molecule has 7 heteroatoms. The fourth-order valence-corrected chi connectivity index (χ4v) is 3.36. The highest BCUT2D eigenvalue weighted by Crippen LogP contribution is 2.25. The lowest BCUT2D eigenvalue weighted by molar-refractivity contribution is -0.120. The third-order valence-electron chi connectivity index (χ3n) is 3.37. The van der Waals surface area contributed by atoms with Gasteiger partial charge in [0.2, 0.25) is 11.0 Å². The number of nitrogens with zero attached hydrogens (tertiary/aromatic N) is 2. The highest BCUT2D eigenvalue weighted by Gasteiger charge is 2.26. The van der Waals surface area contributed by atoms with Gasteiger partial charge >= 0.3 is 0 Å². The summed E-state index contributed by atoms with van der Waals surface area (Å²) in [5.41, 5.74) is 5.91. The number of carbonyl (C=O) groups is 1. The molecule has 0 radical (unpaired) electrons. The molecule has 2 rings (SSSR count). The van der Waals surface area contributed by atoms with Crippen molar-refractivity contribution in [2.45, 2.75) is 52.0 Å². The van der Waals surface area contributed by atoms with Gasteiger partial charge in [0.05, 0.1) is 0 Å². The summed E-state index contributed by atoms with van der Waals surface area (Å²) in [4.78, 5) is 12.1. The second-order valence-electron chi connectivity index (χ2n) is 5.71. The van der Waals surface area contributed by atoms with Crippen molar-refractivity contribution in [3.63, 3.8) is 0 Å². The minimum absolute atomic E-state index is 0. The van der Waals surface area contributed by atoms with Crippen LogP contribution in [0.4, 0.5) is 5.13 Å². The zero-order chi connectivity index (χ0) is 13.8. The van der Waals surface area contributed by atoms with Gasteiger partial charge < -0.3 is 11.1 Å². The van der Waals surface area contributed by atoms with E-state index >= 15 is 0 Å². The molecule has 1 saturated carbocycles. The molecular weight excluding hydrogens is 296 g/mol. The molecule has 0 aromatic carbocycles. The molecule has 2 atom stereocenters. The molecule has 2 unspecified atom stereocenters. The Labute approximate surface area is 130 Å². The van der Waals surface area contributed by atoms with Gasteiger partial charge in [-0.15, -0.1) is 22.6 Å². The Balaban J connectivity index is 0.00000200. The monoisotopic (exact) mass is 318 g/mol. The number of aromatic nitrogens is 2. The molecule has 1 fully saturated rings. The van der Waals surface area contributed by atoms with Crippen LogP contribution in [-0.2, 0) is 11.2 Å². The summed E-state index contributed by atoms with van der Waals surface area (Å²) in [7, 11) is 0. The number of rotatable bonds is 4. The van der Waals surface area contributed by atoms with Gasteiger partial charge in [-0.2, -0.15) is 0 Å². The van der Waals surface area contributed by atoms with E-state index in [1.807, 2.05) is 0 Å². The first-order valence-electron chi connectivity index (χ1n) is 6.93. The maximum atomic E-state index is 12.1. The lowest BCUT2D eigenvalue weighted by Crippen LogP contribution is -2.34. The standard InChI is InChI=1S/C13H22N4OS.ClH/c1-8(2)6-11-16-17-13(19-11)15-12(18)9-4-3-5-10(14)7-9;/h8-10H,3-7,14H2,1-2H3,(H,15,17,18);1H. The van der Waals surface area contributed by atoms with E-state index in [9.17, 15) is 4.79 Å². The summed E-state index contributed by atoms with van der Waals surface area (Å²) >= 11 is 1.47. The summed E-state index contributed by atoms with van der Waals surface area (Å²) in [5.74, 6) is 0.622. The van der Waals surface area contributed by atoms with E-state index in [1.54, 1.807) is 0 Å². The summed E-state index contributed by atoms with van der Waals surface area (Å²) in [5, 5.41) is 12.6. The largest absolute Gasteiger partial charge is 0.328 e. The molecule has 0 bridgehead atoms. The Bertz CT molecular complexity index is 438. The quantitative estimate of drug-likeness (QED) is 0.894. The first-order chi connectivity index (χ1) is 9.04. The van der Waals surface area contributed by atoms with Crippen LogP contribution in [0.1, 0.15) is 44.5 Å². The van der Waals surface area contributed by atoms with Crippen molar-refractivity contribution < 1.29 is 4.79 Å². The minimum atomic E-state index is 0. The van der Waals surface area contributed by atoms with Gasteiger partial charge in [-0.05, 0) is 25.2 Å². The van der Waals surface area contributed by atoms with Gasteiger partial charge in [-0.25, -0.2) is 0 Å². The van der Waals surface area contributed by atoms with E-state index in [0.717, 1.165) is 37.1 Å². The molecule has 5 nitrogen and oxygen atoms in total. The minimum Gasteiger partial charge on any atom is -0.328 e. The van der Waals surface area contributed by atoms with Crippen molar-refractivity contribution in [1.82, 2.24) is 10.2 Å². The first-order valence-corrected chi connectivity index (χ1v) is 7.75. The first kappa shape index (κ1) is 17.3. The second-order valence-corrected chi connectivity index (χ2v) is 6.77. The number of carbonyl (C=O) groups excluding carboxylic acids is 1. The number of nitrogens with one attached hydrogen (secondary N) is 1. The van der Waals surface area contributed by atoms with E-state index in [1.165, 1.54) is 11.3 Å². The molecule has 0 spiro atoms. The summed E-state index contributed by atoms with van der Waals surface area (Å²) in [6.07, 6.45) is 4.68. The SMILES string of the molecule is CC(C)Cc1nnc(NC(=O)C2CCCC(N)C2)s1.Cl. The van der Waals surface area contributed by atoms with Gasteiger partial charge in [-0.3, -0.25) is 4.79 Å². The average molecular weight is 319 g/mol. The van der Waals surface area contributed by atoms with Crippen molar-refractivity contribution in [3.8, 4) is 0 Å². The van der Waals surface area contributed by atoms with Crippen molar-refractivity contribution >= 4 is 34.8 Å². The Kier molecular flexibility index (Phi) is 6.85. The highest BCUT2D eigenvalue weighted by atomic mass is 35.5. The topological polar surface area (TPSA) is 80.9 Å². The summed E-state index contributed by atoms with van der Waals surface area (Å²) in [6, 6.07) is 0.162. The zero-order valence-electron chi connectivity index (χ0n) is 12.0. The van der Waals surface area contributed by atoms with Crippen LogP contribution >= 0.6 is 23.7 Å². The van der Waals surface area contributed by atoms with Crippen molar-refractivity contribution in [2.75, 3.05) is 5.32 Å². The molecule has 20 heavy (non-hydrogen) atoms. The average Bonchev–Trinajstić information content (AvgIpc) is 2.75. The predicted molar refractivity (Wildman–Crippen MR) is 84.3 cm³/mol. The molecule has 114 valence electrons. The van der Waals surface area contributed by atoms with Crippen LogP contribution in [0.2, 0.25) is 0 Å². The van der Waals surface area contributed by atoms with E-state index in [2.05, 4.69) is 29.4 Å².